The summed E-state index contributed by atoms with van der Waals surface area (Å²) in [6.45, 7) is 7.45. The van der Waals surface area contributed by atoms with Crippen LogP contribution >= 0.6 is 15.9 Å². The van der Waals surface area contributed by atoms with Crippen molar-refractivity contribution in [2.75, 3.05) is 31.1 Å². The van der Waals surface area contributed by atoms with E-state index in [0.29, 0.717) is 5.56 Å². The van der Waals surface area contributed by atoms with E-state index >= 15 is 0 Å². The van der Waals surface area contributed by atoms with Gasteiger partial charge in [0.05, 0.1) is 11.6 Å². The summed E-state index contributed by atoms with van der Waals surface area (Å²) < 4.78 is 0.831. The Hall–Kier alpha value is -1.56. The van der Waals surface area contributed by atoms with Gasteiger partial charge in [-0.3, -0.25) is 4.90 Å². The van der Waals surface area contributed by atoms with Gasteiger partial charge in [-0.25, -0.2) is 0 Å². The van der Waals surface area contributed by atoms with Crippen LogP contribution in [0.1, 0.15) is 19.4 Å². The molecule has 2 rings (SSSR count). The molecule has 0 atom stereocenters. The van der Waals surface area contributed by atoms with Gasteiger partial charge >= 0.3 is 0 Å². The van der Waals surface area contributed by atoms with Crippen LogP contribution in [0.2, 0.25) is 0 Å². The van der Waals surface area contributed by atoms with Crippen molar-refractivity contribution in [3.63, 3.8) is 0 Å². The summed E-state index contributed by atoms with van der Waals surface area (Å²) in [7, 11) is 0. The van der Waals surface area contributed by atoms with Crippen LogP contribution in [0.25, 0.3) is 0 Å². The largest absolute Gasteiger partial charge is 0.369 e. The number of benzene rings is 1. The van der Waals surface area contributed by atoms with E-state index in [1.54, 1.807) is 0 Å². The highest BCUT2D eigenvalue weighted by atomic mass is 79.9. The SMILES string of the molecule is CC(C)(C#N)N1CCN(c2ccc(C#N)c(Br)c2)CC1. The lowest BCUT2D eigenvalue weighted by Crippen LogP contribution is -2.54. The monoisotopic (exact) mass is 332 g/mol. The van der Waals surface area contributed by atoms with Gasteiger partial charge in [0.25, 0.3) is 0 Å². The lowest BCUT2D eigenvalue weighted by Gasteiger charge is -2.41. The Kier molecular flexibility index (Phi) is 4.32. The molecule has 1 aromatic rings. The highest BCUT2D eigenvalue weighted by Crippen LogP contribution is 2.25. The van der Waals surface area contributed by atoms with Crippen LogP contribution in [0.15, 0.2) is 22.7 Å². The normalized spacial score (nSPS) is 16.6. The first-order valence-corrected chi connectivity index (χ1v) is 7.38. The fraction of sp³-hybridized carbons (Fsp3) is 0.467. The third-order valence-electron chi connectivity index (χ3n) is 3.78. The summed E-state index contributed by atoms with van der Waals surface area (Å²) in [5.74, 6) is 0. The molecule has 1 aromatic carbocycles. The van der Waals surface area contributed by atoms with Gasteiger partial charge in [0.2, 0.25) is 0 Å². The minimum atomic E-state index is -0.405. The molecule has 20 heavy (non-hydrogen) atoms. The van der Waals surface area contributed by atoms with Crippen LogP contribution in [-0.2, 0) is 0 Å². The maximum Gasteiger partial charge on any atom is 0.103 e. The standard InChI is InChI=1S/C15H17BrN4/c1-15(2,11-18)20-7-5-19(6-8-20)13-4-3-12(10-17)14(16)9-13/h3-4,9H,5-8H2,1-2H3. The van der Waals surface area contributed by atoms with E-state index in [9.17, 15) is 5.26 Å². The van der Waals surface area contributed by atoms with Gasteiger partial charge in [-0.15, -0.1) is 0 Å². The molecule has 1 saturated heterocycles. The fourth-order valence-corrected chi connectivity index (χ4v) is 2.84. The molecular weight excluding hydrogens is 316 g/mol. The topological polar surface area (TPSA) is 54.1 Å². The van der Waals surface area contributed by atoms with E-state index in [0.717, 1.165) is 36.3 Å². The summed E-state index contributed by atoms with van der Waals surface area (Å²) >= 11 is 3.43. The van der Waals surface area contributed by atoms with Gasteiger partial charge in [0.1, 0.15) is 11.6 Å². The van der Waals surface area contributed by atoms with E-state index in [4.69, 9.17) is 5.26 Å². The van der Waals surface area contributed by atoms with Crippen molar-refractivity contribution >= 4 is 21.6 Å². The van der Waals surface area contributed by atoms with Crippen molar-refractivity contribution in [2.45, 2.75) is 19.4 Å². The van der Waals surface area contributed by atoms with Crippen LogP contribution in [-0.4, -0.2) is 36.6 Å². The second-order valence-corrected chi connectivity index (χ2v) is 6.28. The molecule has 0 amide bonds. The first-order valence-electron chi connectivity index (χ1n) is 6.59. The van der Waals surface area contributed by atoms with Crippen molar-refractivity contribution < 1.29 is 0 Å². The molecule has 5 heteroatoms. The maximum atomic E-state index is 9.18. The molecule has 0 aromatic heterocycles. The van der Waals surface area contributed by atoms with Crippen LogP contribution in [0.4, 0.5) is 5.69 Å². The van der Waals surface area contributed by atoms with Gasteiger partial charge in [-0.1, -0.05) is 0 Å². The molecule has 1 aliphatic rings. The zero-order valence-electron chi connectivity index (χ0n) is 11.7. The molecule has 4 nitrogen and oxygen atoms in total. The Morgan fingerprint density at radius 3 is 2.30 bits per heavy atom. The summed E-state index contributed by atoms with van der Waals surface area (Å²) in [4.78, 5) is 4.50. The number of nitrogens with zero attached hydrogens (tertiary/aromatic N) is 4. The predicted octanol–water partition coefficient (Wildman–Crippen LogP) is 2.74. The van der Waals surface area contributed by atoms with E-state index in [2.05, 4.69) is 37.9 Å². The Morgan fingerprint density at radius 2 is 1.80 bits per heavy atom. The fourth-order valence-electron chi connectivity index (χ4n) is 2.39. The van der Waals surface area contributed by atoms with E-state index in [1.165, 1.54) is 0 Å². The molecule has 0 spiro atoms. The molecule has 0 aliphatic carbocycles. The highest BCUT2D eigenvalue weighted by Gasteiger charge is 2.29. The Balaban J connectivity index is 2.07. The summed E-state index contributed by atoms with van der Waals surface area (Å²) in [6.07, 6.45) is 0. The first kappa shape index (κ1) is 14.8. The molecule has 0 unspecified atom stereocenters. The van der Waals surface area contributed by atoms with Gasteiger partial charge < -0.3 is 4.90 Å². The van der Waals surface area contributed by atoms with Crippen molar-refractivity contribution in [1.29, 1.82) is 10.5 Å². The number of halogens is 1. The maximum absolute atomic E-state index is 9.18. The van der Waals surface area contributed by atoms with Crippen LogP contribution in [0.5, 0.6) is 0 Å². The summed E-state index contributed by atoms with van der Waals surface area (Å²) in [6, 6.07) is 10.3. The van der Waals surface area contributed by atoms with Crippen molar-refractivity contribution in [2.24, 2.45) is 0 Å². The molecule has 1 fully saturated rings. The van der Waals surface area contributed by atoms with Gasteiger partial charge in [-0.05, 0) is 48.0 Å². The van der Waals surface area contributed by atoms with Crippen LogP contribution in [0.3, 0.4) is 0 Å². The van der Waals surface area contributed by atoms with Crippen molar-refractivity contribution in [1.82, 2.24) is 4.90 Å². The molecule has 0 N–H and O–H groups in total. The van der Waals surface area contributed by atoms with E-state index < -0.39 is 5.54 Å². The quantitative estimate of drug-likeness (QED) is 0.835. The Bertz CT molecular complexity index is 575. The van der Waals surface area contributed by atoms with Gasteiger partial charge in [0, 0.05) is 36.3 Å². The smallest absolute Gasteiger partial charge is 0.103 e. The molecular formula is C15H17BrN4. The molecule has 0 radical (unpaired) electrons. The summed E-state index contributed by atoms with van der Waals surface area (Å²) in [5.41, 5.74) is 1.36. The van der Waals surface area contributed by atoms with E-state index in [-0.39, 0.29) is 0 Å². The number of anilines is 1. The zero-order valence-corrected chi connectivity index (χ0v) is 13.3. The molecule has 1 heterocycles. The second kappa shape index (κ2) is 5.83. The minimum absolute atomic E-state index is 0.405. The van der Waals surface area contributed by atoms with Crippen molar-refractivity contribution in [3.8, 4) is 12.1 Å². The van der Waals surface area contributed by atoms with Gasteiger partial charge in [-0.2, -0.15) is 10.5 Å². The molecule has 1 aliphatic heterocycles. The minimum Gasteiger partial charge on any atom is -0.369 e. The van der Waals surface area contributed by atoms with Crippen molar-refractivity contribution in [3.05, 3.63) is 28.2 Å². The third-order valence-corrected chi connectivity index (χ3v) is 4.44. The average molecular weight is 333 g/mol. The second-order valence-electron chi connectivity index (χ2n) is 5.42. The highest BCUT2D eigenvalue weighted by molar-refractivity contribution is 9.10. The molecule has 0 bridgehead atoms. The number of piperazine rings is 1. The number of rotatable bonds is 2. The third kappa shape index (κ3) is 2.95. The predicted molar refractivity (Wildman–Crippen MR) is 82.3 cm³/mol. The molecule has 104 valence electrons. The summed E-state index contributed by atoms with van der Waals surface area (Å²) in [5, 5.41) is 18.1. The first-order chi connectivity index (χ1) is 9.47. The Labute approximate surface area is 128 Å². The van der Waals surface area contributed by atoms with Crippen LogP contribution < -0.4 is 4.90 Å². The number of hydrogen-bond acceptors (Lipinski definition) is 4. The lowest BCUT2D eigenvalue weighted by atomic mass is 10.0. The molecule has 0 saturated carbocycles. The average Bonchev–Trinajstić information content (AvgIpc) is 2.47. The Morgan fingerprint density at radius 1 is 1.15 bits per heavy atom. The van der Waals surface area contributed by atoms with Crippen LogP contribution in [0, 0.1) is 22.7 Å². The number of hydrogen-bond donors (Lipinski definition) is 0. The van der Waals surface area contributed by atoms with E-state index in [1.807, 2.05) is 32.0 Å². The lowest BCUT2D eigenvalue weighted by molar-refractivity contribution is 0.158. The van der Waals surface area contributed by atoms with Gasteiger partial charge in [0.15, 0.2) is 0 Å². The zero-order chi connectivity index (χ0) is 14.8. The number of nitriles is 2.